The number of fused-ring (bicyclic) bond motifs is 1. The fourth-order valence-corrected chi connectivity index (χ4v) is 4.88. The Morgan fingerprint density at radius 2 is 1.94 bits per heavy atom. The first-order valence-corrected chi connectivity index (χ1v) is 11.3. The lowest BCUT2D eigenvalue weighted by atomic mass is 10.0. The van der Waals surface area contributed by atoms with E-state index in [0.717, 1.165) is 6.92 Å². The summed E-state index contributed by atoms with van der Waals surface area (Å²) in [7, 11) is 0.105. The van der Waals surface area contributed by atoms with Crippen LogP contribution in [0, 0.1) is 24.4 Å². The minimum absolute atomic E-state index is 0.147. The number of halogens is 4. The first-order chi connectivity index (χ1) is 14.6. The number of carbonyl (C=O) groups excluding carboxylic acids is 1. The summed E-state index contributed by atoms with van der Waals surface area (Å²) >= 11 is 0. The van der Waals surface area contributed by atoms with Crippen molar-refractivity contribution < 1.29 is 31.3 Å². The third-order valence-corrected chi connectivity index (χ3v) is 6.57. The molecule has 0 spiro atoms. The molecule has 3 atom stereocenters. The van der Waals surface area contributed by atoms with Crippen molar-refractivity contribution in [1.29, 1.82) is 0 Å². The lowest BCUT2D eigenvalue weighted by molar-refractivity contribution is 0.107. The molecule has 168 valence electrons. The van der Waals surface area contributed by atoms with Gasteiger partial charge in [0.1, 0.15) is 22.9 Å². The van der Waals surface area contributed by atoms with Gasteiger partial charge in [-0.25, -0.2) is 22.2 Å². The smallest absolute Gasteiger partial charge is 0.414 e. The van der Waals surface area contributed by atoms with Crippen LogP contribution in [0.3, 0.4) is 0 Å². The Bertz CT molecular complexity index is 1020. The van der Waals surface area contributed by atoms with Gasteiger partial charge in [-0.3, -0.25) is 9.29 Å². The number of anilines is 2. The van der Waals surface area contributed by atoms with E-state index < -0.39 is 58.6 Å². The number of ether oxygens (including phenoxy) is 1. The molecule has 1 aliphatic rings. The molecule has 2 aromatic carbocycles. The van der Waals surface area contributed by atoms with E-state index in [0.29, 0.717) is 16.9 Å². The molecule has 3 unspecified atom stereocenters. The first-order valence-electron chi connectivity index (χ1n) is 9.40. The molecule has 1 aliphatic heterocycles. The molecule has 0 aromatic heterocycles. The maximum Gasteiger partial charge on any atom is 0.414 e. The number of amides is 1. The minimum atomic E-state index is -1.91. The standard InChI is InChI=1S/C20H21F4N2O3PS/c1-10-16(22)18(24)14(19(30)17(10)23)9-31(28)25-12-4-5-15-13(8-12)11(2)29-20(27)26(15)7-3-6-21/h4-5,8,11,25H,3,6-7,9,30H2,1-2H3. The number of hydrogen-bond acceptors (Lipinski definition) is 3. The average Bonchev–Trinajstić information content (AvgIpc) is 2.74. The van der Waals surface area contributed by atoms with Crippen molar-refractivity contribution in [2.75, 3.05) is 22.8 Å². The predicted octanol–water partition coefficient (Wildman–Crippen LogP) is 4.57. The molecule has 2 aromatic rings. The van der Waals surface area contributed by atoms with Crippen molar-refractivity contribution in [3.63, 3.8) is 0 Å². The predicted molar refractivity (Wildman–Crippen MR) is 115 cm³/mol. The van der Waals surface area contributed by atoms with Gasteiger partial charge in [0.2, 0.25) is 0 Å². The Labute approximate surface area is 181 Å². The average molecular weight is 476 g/mol. The summed E-state index contributed by atoms with van der Waals surface area (Å²) in [5.41, 5.74) is 0.765. The highest BCUT2D eigenvalue weighted by Crippen LogP contribution is 2.36. The van der Waals surface area contributed by atoms with Gasteiger partial charge in [-0.05, 0) is 38.5 Å². The zero-order chi connectivity index (χ0) is 22.9. The molecule has 1 N–H and O–H groups in total. The largest absolute Gasteiger partial charge is 0.441 e. The Hall–Kier alpha value is -2.19. The Kier molecular flexibility index (Phi) is 7.21. The van der Waals surface area contributed by atoms with Crippen LogP contribution in [0.25, 0.3) is 0 Å². The highest BCUT2D eigenvalue weighted by atomic mass is 32.2. The zero-order valence-electron chi connectivity index (χ0n) is 16.8. The molecule has 1 heterocycles. The van der Waals surface area contributed by atoms with E-state index in [9.17, 15) is 26.6 Å². The van der Waals surface area contributed by atoms with Gasteiger partial charge in [0.05, 0.1) is 18.1 Å². The van der Waals surface area contributed by atoms with E-state index in [-0.39, 0.29) is 23.8 Å². The molecular weight excluding hydrogens is 455 g/mol. The van der Waals surface area contributed by atoms with E-state index in [1.165, 1.54) is 4.90 Å². The van der Waals surface area contributed by atoms with E-state index in [4.69, 9.17) is 4.74 Å². The summed E-state index contributed by atoms with van der Waals surface area (Å²) in [6.07, 6.45) is -1.01. The zero-order valence-corrected chi connectivity index (χ0v) is 18.8. The number of hydrogen-bond donors (Lipinski definition) is 1. The van der Waals surface area contributed by atoms with E-state index in [1.807, 2.05) is 9.24 Å². The topological polar surface area (TPSA) is 58.6 Å². The second-order valence-electron chi connectivity index (χ2n) is 7.04. The van der Waals surface area contributed by atoms with Gasteiger partial charge in [-0.2, -0.15) is 0 Å². The minimum Gasteiger partial charge on any atom is -0.441 e. The van der Waals surface area contributed by atoms with Gasteiger partial charge >= 0.3 is 6.09 Å². The SMILES string of the molecule is Cc1c(F)c(F)c(CS(=O)Nc2ccc3c(c2)C(C)OC(=O)N3CCCF)c(P)c1F. The van der Waals surface area contributed by atoms with Crippen LogP contribution < -0.4 is 14.9 Å². The Morgan fingerprint density at radius 3 is 2.61 bits per heavy atom. The molecule has 0 saturated heterocycles. The number of alkyl halides is 1. The first kappa shape index (κ1) is 23.5. The van der Waals surface area contributed by atoms with Gasteiger partial charge in [-0.15, -0.1) is 9.24 Å². The van der Waals surface area contributed by atoms with Crippen molar-refractivity contribution in [3.05, 3.63) is 52.3 Å². The van der Waals surface area contributed by atoms with E-state index in [2.05, 4.69) is 4.72 Å². The van der Waals surface area contributed by atoms with Crippen LogP contribution in [0.5, 0.6) is 0 Å². The van der Waals surface area contributed by atoms with Gasteiger partial charge in [0.25, 0.3) is 0 Å². The van der Waals surface area contributed by atoms with Crippen LogP contribution >= 0.6 is 9.24 Å². The third kappa shape index (κ3) is 4.70. The lowest BCUT2D eigenvalue weighted by Gasteiger charge is -2.32. The fraction of sp³-hybridized carbons (Fsp3) is 0.350. The molecule has 5 nitrogen and oxygen atoms in total. The maximum atomic E-state index is 14.3. The molecule has 0 radical (unpaired) electrons. The van der Waals surface area contributed by atoms with Crippen molar-refractivity contribution in [2.24, 2.45) is 0 Å². The van der Waals surface area contributed by atoms with Crippen LogP contribution in [0.15, 0.2) is 18.2 Å². The van der Waals surface area contributed by atoms with Crippen LogP contribution in [0.1, 0.15) is 36.1 Å². The second-order valence-corrected chi connectivity index (χ2v) is 8.81. The summed E-state index contributed by atoms with van der Waals surface area (Å²) < 4.78 is 75.3. The van der Waals surface area contributed by atoms with Gasteiger partial charge in [0, 0.05) is 34.2 Å². The monoisotopic (exact) mass is 476 g/mol. The van der Waals surface area contributed by atoms with Crippen LogP contribution in [0.2, 0.25) is 0 Å². The van der Waals surface area contributed by atoms with Crippen molar-refractivity contribution in [2.45, 2.75) is 32.1 Å². The highest BCUT2D eigenvalue weighted by Gasteiger charge is 2.30. The summed E-state index contributed by atoms with van der Waals surface area (Å²) in [6.45, 7) is 2.35. The van der Waals surface area contributed by atoms with Gasteiger partial charge in [0.15, 0.2) is 11.6 Å². The van der Waals surface area contributed by atoms with Gasteiger partial charge < -0.3 is 9.46 Å². The second kappa shape index (κ2) is 9.53. The molecule has 0 bridgehead atoms. The molecule has 1 amide bonds. The van der Waals surface area contributed by atoms with Crippen LogP contribution in [-0.4, -0.2) is 23.5 Å². The normalized spacial score (nSPS) is 16.7. The Morgan fingerprint density at radius 1 is 1.23 bits per heavy atom. The van der Waals surface area contributed by atoms with E-state index in [1.54, 1.807) is 25.1 Å². The number of carbonyl (C=O) groups is 1. The number of cyclic esters (lactones) is 1. The number of rotatable bonds is 7. The van der Waals surface area contributed by atoms with Crippen molar-refractivity contribution in [1.82, 2.24) is 0 Å². The molecule has 0 fully saturated rings. The number of nitrogens with zero attached hydrogens (tertiary/aromatic N) is 1. The number of nitrogens with one attached hydrogen (secondary N) is 1. The quantitative estimate of drug-likeness (QED) is 0.362. The van der Waals surface area contributed by atoms with Crippen LogP contribution in [0.4, 0.5) is 33.7 Å². The Balaban J connectivity index is 1.83. The summed E-state index contributed by atoms with van der Waals surface area (Å²) in [4.78, 5) is 13.4. The summed E-state index contributed by atoms with van der Waals surface area (Å²) in [5.74, 6) is -3.93. The molecule has 31 heavy (non-hydrogen) atoms. The molecule has 0 saturated carbocycles. The molecule has 3 rings (SSSR count). The van der Waals surface area contributed by atoms with Gasteiger partial charge in [-0.1, -0.05) is 0 Å². The fourth-order valence-electron chi connectivity index (χ4n) is 3.28. The lowest BCUT2D eigenvalue weighted by Crippen LogP contribution is -2.37. The van der Waals surface area contributed by atoms with Crippen LogP contribution in [-0.2, 0) is 21.5 Å². The summed E-state index contributed by atoms with van der Waals surface area (Å²) in [6, 6.07) is 4.77. The highest BCUT2D eigenvalue weighted by molar-refractivity contribution is 7.85. The maximum absolute atomic E-state index is 14.3. The van der Waals surface area contributed by atoms with E-state index >= 15 is 0 Å². The molecule has 0 aliphatic carbocycles. The number of benzene rings is 2. The summed E-state index contributed by atoms with van der Waals surface area (Å²) in [5, 5.41) is -0.180. The van der Waals surface area contributed by atoms with Crippen molar-refractivity contribution >= 4 is 43.0 Å². The van der Waals surface area contributed by atoms with Crippen molar-refractivity contribution in [3.8, 4) is 0 Å². The third-order valence-electron chi connectivity index (χ3n) is 4.95. The molecular formula is C20H21F4N2O3PS. The molecule has 11 heteroatoms.